The molecule has 0 saturated carbocycles. The molecule has 2 heterocycles. The zero-order valence-electron chi connectivity index (χ0n) is 14.3. The second-order valence-corrected chi connectivity index (χ2v) is 5.69. The van der Waals surface area contributed by atoms with Crippen molar-refractivity contribution in [2.75, 3.05) is 0 Å². The highest BCUT2D eigenvalue weighted by Crippen LogP contribution is 2.32. The van der Waals surface area contributed by atoms with Gasteiger partial charge in [0.25, 0.3) is 11.6 Å². The molecule has 3 aromatic rings. The van der Waals surface area contributed by atoms with Gasteiger partial charge in [-0.05, 0) is 42.8 Å². The molecule has 0 saturated heterocycles. The quantitative estimate of drug-likeness (QED) is 0.500. The van der Waals surface area contributed by atoms with Crippen LogP contribution >= 0.6 is 0 Å². The zero-order chi connectivity index (χ0) is 20.4. The number of aryl methyl sites for hydroxylation is 1. The van der Waals surface area contributed by atoms with E-state index in [4.69, 9.17) is 4.42 Å². The molecule has 0 aliphatic carbocycles. The Morgan fingerprint density at radius 3 is 2.54 bits per heavy atom. The van der Waals surface area contributed by atoms with Gasteiger partial charge in [-0.2, -0.15) is 4.98 Å². The number of nitrogens with one attached hydrogen (secondary N) is 1. The van der Waals surface area contributed by atoms with Crippen LogP contribution in [-0.4, -0.2) is 24.9 Å². The molecule has 2 aromatic heterocycles. The van der Waals surface area contributed by atoms with Crippen LogP contribution in [0, 0.1) is 27.2 Å². The lowest BCUT2D eigenvalue weighted by Crippen LogP contribution is -2.14. The number of nitro groups is 2. The van der Waals surface area contributed by atoms with Crippen molar-refractivity contribution in [1.82, 2.24) is 9.97 Å². The van der Waals surface area contributed by atoms with Crippen molar-refractivity contribution < 1.29 is 19.4 Å². The van der Waals surface area contributed by atoms with E-state index in [9.17, 15) is 30.1 Å². The maximum absolute atomic E-state index is 11.6. The molecule has 0 radical (unpaired) electrons. The molecule has 1 aromatic carbocycles. The number of aromatic amines is 1. The highest BCUT2D eigenvalue weighted by molar-refractivity contribution is 5.72. The highest BCUT2D eigenvalue weighted by atomic mass is 16.6. The standard InChI is InChI=1S/C17H12N4O7/c1-9-2-5-11(12(8-9)20(24)25)13-6-3-10(28-13)4-7-14-18-16(22)15(21(26)27)17(23)19-14/h2-8H,1H3,(H2,18,19,22,23)/b7-4-. The fourth-order valence-corrected chi connectivity index (χ4v) is 2.46. The molecule has 0 atom stereocenters. The van der Waals surface area contributed by atoms with Gasteiger partial charge in [-0.1, -0.05) is 6.07 Å². The first-order valence-corrected chi connectivity index (χ1v) is 7.77. The summed E-state index contributed by atoms with van der Waals surface area (Å²) in [4.78, 5) is 37.7. The minimum Gasteiger partial charge on any atom is -0.488 e. The molecule has 0 fully saturated rings. The van der Waals surface area contributed by atoms with Crippen LogP contribution in [0.5, 0.6) is 5.88 Å². The van der Waals surface area contributed by atoms with Crippen molar-refractivity contribution in [3.63, 3.8) is 0 Å². The van der Waals surface area contributed by atoms with Gasteiger partial charge < -0.3 is 14.5 Å². The van der Waals surface area contributed by atoms with E-state index in [2.05, 4.69) is 9.97 Å². The maximum atomic E-state index is 11.6. The highest BCUT2D eigenvalue weighted by Gasteiger charge is 2.21. The van der Waals surface area contributed by atoms with Gasteiger partial charge in [0.1, 0.15) is 17.3 Å². The summed E-state index contributed by atoms with van der Waals surface area (Å²) in [5.74, 6) is -0.596. The first kappa shape index (κ1) is 18.5. The molecule has 0 aliphatic heterocycles. The average molecular weight is 384 g/mol. The predicted octanol–water partition coefficient (Wildman–Crippen LogP) is 3.03. The SMILES string of the molecule is Cc1ccc(-c2ccc(/C=C\c3nc(O)c([N+](=O)[O-])c(=O)[nH]3)o2)c([N+](=O)[O-])c1. The summed E-state index contributed by atoms with van der Waals surface area (Å²) in [7, 11) is 0. The van der Waals surface area contributed by atoms with Crippen LogP contribution in [0.2, 0.25) is 0 Å². The van der Waals surface area contributed by atoms with Gasteiger partial charge >= 0.3 is 11.2 Å². The Morgan fingerprint density at radius 1 is 1.14 bits per heavy atom. The lowest BCUT2D eigenvalue weighted by atomic mass is 10.1. The van der Waals surface area contributed by atoms with Crippen molar-refractivity contribution in [2.24, 2.45) is 0 Å². The maximum Gasteiger partial charge on any atom is 0.395 e. The summed E-state index contributed by atoms with van der Waals surface area (Å²) in [5.41, 5.74) is -1.22. The van der Waals surface area contributed by atoms with E-state index in [1.807, 2.05) is 0 Å². The molecule has 3 rings (SSSR count). The lowest BCUT2D eigenvalue weighted by molar-refractivity contribution is -0.387. The first-order valence-electron chi connectivity index (χ1n) is 7.77. The Kier molecular flexibility index (Phi) is 4.73. The zero-order valence-corrected chi connectivity index (χ0v) is 14.3. The van der Waals surface area contributed by atoms with Crippen molar-refractivity contribution in [1.29, 1.82) is 0 Å². The van der Waals surface area contributed by atoms with Crippen LogP contribution in [0.15, 0.2) is 39.5 Å². The summed E-state index contributed by atoms with van der Waals surface area (Å²) in [6.07, 6.45) is 2.64. The molecule has 0 amide bonds. The molecule has 11 heteroatoms. The summed E-state index contributed by atoms with van der Waals surface area (Å²) < 4.78 is 5.56. The largest absolute Gasteiger partial charge is 0.488 e. The number of furan rings is 1. The van der Waals surface area contributed by atoms with E-state index >= 15 is 0 Å². The van der Waals surface area contributed by atoms with Gasteiger partial charge in [0.2, 0.25) is 0 Å². The van der Waals surface area contributed by atoms with Gasteiger partial charge in [0, 0.05) is 6.07 Å². The summed E-state index contributed by atoms with van der Waals surface area (Å²) in [5, 5.41) is 31.4. The van der Waals surface area contributed by atoms with Gasteiger partial charge in [-0.3, -0.25) is 25.0 Å². The Labute approximate surface area is 155 Å². The summed E-state index contributed by atoms with van der Waals surface area (Å²) >= 11 is 0. The smallest absolute Gasteiger partial charge is 0.395 e. The molecular formula is C17H12N4O7. The van der Waals surface area contributed by atoms with Crippen molar-refractivity contribution in [2.45, 2.75) is 6.92 Å². The molecule has 0 unspecified atom stereocenters. The number of aromatic nitrogens is 2. The van der Waals surface area contributed by atoms with Crippen LogP contribution in [0.25, 0.3) is 23.5 Å². The minimum absolute atomic E-state index is 0.101. The van der Waals surface area contributed by atoms with Crippen LogP contribution in [0.4, 0.5) is 11.4 Å². The Bertz CT molecular complexity index is 1180. The number of rotatable bonds is 5. The normalized spacial score (nSPS) is 11.0. The second kappa shape index (κ2) is 7.15. The van der Waals surface area contributed by atoms with Crippen molar-refractivity contribution in [3.05, 3.63) is 78.1 Å². The number of benzene rings is 1. The topological polar surface area (TPSA) is 165 Å². The molecule has 142 valence electrons. The number of nitrogens with zero attached hydrogens (tertiary/aromatic N) is 3. The molecule has 11 nitrogen and oxygen atoms in total. The van der Waals surface area contributed by atoms with E-state index in [-0.39, 0.29) is 23.0 Å². The summed E-state index contributed by atoms with van der Waals surface area (Å²) in [6.45, 7) is 1.74. The van der Waals surface area contributed by atoms with Crippen LogP contribution in [0.3, 0.4) is 0 Å². The monoisotopic (exact) mass is 384 g/mol. The number of H-pyrrole nitrogens is 1. The molecule has 2 N–H and O–H groups in total. The Morgan fingerprint density at radius 2 is 1.89 bits per heavy atom. The Balaban J connectivity index is 1.91. The van der Waals surface area contributed by atoms with Crippen LogP contribution < -0.4 is 5.56 Å². The van der Waals surface area contributed by atoms with Crippen molar-refractivity contribution in [3.8, 4) is 17.2 Å². The van der Waals surface area contributed by atoms with E-state index < -0.39 is 27.0 Å². The molecule has 28 heavy (non-hydrogen) atoms. The number of hydrogen-bond acceptors (Lipinski definition) is 8. The minimum atomic E-state index is -1.10. The third-order valence-corrected chi connectivity index (χ3v) is 3.73. The fourth-order valence-electron chi connectivity index (χ4n) is 2.46. The molecule has 0 spiro atoms. The van der Waals surface area contributed by atoms with E-state index in [0.29, 0.717) is 5.56 Å². The molecule has 0 bridgehead atoms. The van der Waals surface area contributed by atoms with Gasteiger partial charge in [0.15, 0.2) is 0 Å². The van der Waals surface area contributed by atoms with E-state index in [0.717, 1.165) is 5.56 Å². The van der Waals surface area contributed by atoms with E-state index in [1.54, 1.807) is 31.2 Å². The average Bonchev–Trinajstić information content (AvgIpc) is 3.07. The third-order valence-electron chi connectivity index (χ3n) is 3.73. The predicted molar refractivity (Wildman–Crippen MR) is 97.6 cm³/mol. The van der Waals surface area contributed by atoms with Gasteiger partial charge in [-0.15, -0.1) is 0 Å². The van der Waals surface area contributed by atoms with Gasteiger partial charge in [0.05, 0.1) is 15.4 Å². The third kappa shape index (κ3) is 3.62. The van der Waals surface area contributed by atoms with Crippen molar-refractivity contribution >= 4 is 23.5 Å². The fraction of sp³-hybridized carbons (Fsp3) is 0.0588. The molecular weight excluding hydrogens is 372 g/mol. The number of aromatic hydroxyl groups is 1. The lowest BCUT2D eigenvalue weighted by Gasteiger charge is -2.01. The first-order chi connectivity index (χ1) is 13.3. The second-order valence-electron chi connectivity index (χ2n) is 5.69. The van der Waals surface area contributed by atoms with Crippen LogP contribution in [-0.2, 0) is 0 Å². The van der Waals surface area contributed by atoms with Gasteiger partial charge in [-0.25, -0.2) is 0 Å². The summed E-state index contributed by atoms with van der Waals surface area (Å²) in [6, 6.07) is 7.81. The molecule has 0 aliphatic rings. The van der Waals surface area contributed by atoms with E-state index in [1.165, 1.54) is 18.2 Å². The Hall–Kier alpha value is -4.28. The van der Waals surface area contributed by atoms with Crippen LogP contribution in [0.1, 0.15) is 17.1 Å². The number of nitro benzene ring substituents is 1. The number of hydrogen-bond donors (Lipinski definition) is 2.